The number of fused-ring (bicyclic) bond motifs is 10. The quantitative estimate of drug-likeness (QED) is 0.142. The second kappa shape index (κ2) is 20.9. The van der Waals surface area contributed by atoms with E-state index in [1.807, 2.05) is 0 Å². The van der Waals surface area contributed by atoms with E-state index in [1.165, 1.54) is 33.1 Å². The van der Waals surface area contributed by atoms with Gasteiger partial charge in [0.15, 0.2) is 0 Å². The smallest absolute Gasteiger partial charge is 0.252 e. The Labute approximate surface area is 532 Å². The van der Waals surface area contributed by atoms with Gasteiger partial charge in [0, 0.05) is 61.0 Å². The lowest BCUT2D eigenvalue weighted by atomic mass is 9.33. The first-order chi connectivity index (χ1) is 44.4. The van der Waals surface area contributed by atoms with Gasteiger partial charge in [0.25, 0.3) is 6.71 Å². The molecule has 434 valence electrons. The molecule has 15 aromatic rings. The maximum Gasteiger partial charge on any atom is 0.252 e. The predicted molar refractivity (Wildman–Crippen MR) is 385 cm³/mol. The molecule has 2 aliphatic rings. The number of rotatable bonds is 8. The largest absolute Gasteiger partial charge is 0.456 e. The molecule has 2 aromatic heterocycles. The molecule has 4 nitrogen and oxygen atoms in total. The molecule has 0 radical (unpaired) electrons. The fourth-order valence-corrected chi connectivity index (χ4v) is 14.7. The van der Waals surface area contributed by atoms with Crippen LogP contribution in [0.5, 0.6) is 0 Å². The molecule has 0 bridgehead atoms. The topological polar surface area (TPSA) is 32.8 Å². The molecule has 0 spiro atoms. The SMILES string of the molecule is CC(C)(C)c1cc(-c2cc3c4c(c2)N(c2c(-c5ccccc5)cccc2-c2ccccc2)c2ccc(-c5cccc6oc7ccccc7c56)cc2B4c2cc(-c4cccc5oc6ccccc6c45)ccc2N3c2ccccc2-c2ccccc2)cc(C(C)(C)C)c1. The molecule has 17 rings (SSSR count). The zero-order chi connectivity index (χ0) is 61.3. The van der Waals surface area contributed by atoms with Gasteiger partial charge in [-0.3, -0.25) is 0 Å². The fraction of sp³-hybridized carbons (Fsp3) is 0.0930. The first kappa shape index (κ1) is 54.3. The number of furan rings is 2. The van der Waals surface area contributed by atoms with Crippen LogP contribution in [0.1, 0.15) is 52.7 Å². The first-order valence-electron chi connectivity index (χ1n) is 31.8. The molecule has 0 amide bonds. The standard InChI is InChI=1S/C86H65BN2O2/c1-85(2,3)61-47-59(48-62(53-61)86(4,5)6)60-51-75-83-76(52-60)89(84-66(55-27-12-8-13-28-55)36-22-37-67(84)56-29-14-9-15-30-56)74-46-44-58(65-35-24-42-80-82(65)69-33-18-21-40-78(69)91-80)50-71(74)87(83)70-49-57(64-34-23-41-79-81(64)68-32-17-20-39-77(68)90-79)43-45-73(70)88(75)72-38-19-16-31-63(72)54-25-10-7-11-26-54/h7-53H,1-6H3. The van der Waals surface area contributed by atoms with Gasteiger partial charge in [-0.05, 0) is 143 Å². The normalized spacial score (nSPS) is 12.9. The average Bonchev–Trinajstić information content (AvgIpc) is 1.13. The molecule has 0 unspecified atom stereocenters. The van der Waals surface area contributed by atoms with Gasteiger partial charge in [-0.25, -0.2) is 0 Å². The van der Waals surface area contributed by atoms with Gasteiger partial charge in [-0.2, -0.15) is 0 Å². The number of hydrogen-bond donors (Lipinski definition) is 0. The van der Waals surface area contributed by atoms with Gasteiger partial charge >= 0.3 is 0 Å². The van der Waals surface area contributed by atoms with Crippen molar-refractivity contribution in [2.75, 3.05) is 9.80 Å². The van der Waals surface area contributed by atoms with Crippen LogP contribution in [-0.4, -0.2) is 6.71 Å². The van der Waals surface area contributed by atoms with Gasteiger partial charge in [0.05, 0.1) is 11.4 Å². The average molecular weight is 1170 g/mol. The number of anilines is 6. The van der Waals surface area contributed by atoms with Crippen LogP contribution in [-0.2, 0) is 10.8 Å². The van der Waals surface area contributed by atoms with Gasteiger partial charge in [0.2, 0.25) is 0 Å². The monoisotopic (exact) mass is 1170 g/mol. The Hall–Kier alpha value is -10.9. The van der Waals surface area contributed by atoms with E-state index >= 15 is 0 Å². The van der Waals surface area contributed by atoms with Crippen molar-refractivity contribution in [1.29, 1.82) is 0 Å². The Bertz CT molecular complexity index is 5300. The zero-order valence-corrected chi connectivity index (χ0v) is 51.9. The van der Waals surface area contributed by atoms with E-state index in [2.05, 4.69) is 336 Å². The summed E-state index contributed by atoms with van der Waals surface area (Å²) in [6.45, 7) is 13.8. The van der Waals surface area contributed by atoms with E-state index in [0.717, 1.165) is 139 Å². The van der Waals surface area contributed by atoms with Gasteiger partial charge in [0.1, 0.15) is 22.3 Å². The van der Waals surface area contributed by atoms with Gasteiger partial charge in [-0.1, -0.05) is 272 Å². The second-order valence-corrected chi connectivity index (χ2v) is 26.7. The van der Waals surface area contributed by atoms with Crippen LogP contribution >= 0.6 is 0 Å². The Kier molecular flexibility index (Phi) is 12.5. The molecule has 91 heavy (non-hydrogen) atoms. The molecule has 4 heterocycles. The summed E-state index contributed by atoms with van der Waals surface area (Å²) in [5, 5.41) is 4.43. The fourth-order valence-electron chi connectivity index (χ4n) is 14.7. The van der Waals surface area contributed by atoms with Crippen molar-refractivity contribution in [3.8, 4) is 66.8 Å². The van der Waals surface area contributed by atoms with Crippen LogP contribution in [0, 0.1) is 0 Å². The maximum absolute atomic E-state index is 6.65. The summed E-state index contributed by atoms with van der Waals surface area (Å²) in [5.41, 5.74) is 29.9. The highest BCUT2D eigenvalue weighted by Gasteiger charge is 2.45. The highest BCUT2D eigenvalue weighted by atomic mass is 16.3. The van der Waals surface area contributed by atoms with Gasteiger partial charge < -0.3 is 18.6 Å². The van der Waals surface area contributed by atoms with E-state index < -0.39 is 0 Å². The van der Waals surface area contributed by atoms with E-state index in [1.54, 1.807) is 0 Å². The minimum atomic E-state index is -0.268. The predicted octanol–water partition coefficient (Wildman–Crippen LogP) is 22.2. The Morgan fingerprint density at radius 1 is 0.275 bits per heavy atom. The summed E-state index contributed by atoms with van der Waals surface area (Å²) in [5.74, 6) is 0. The van der Waals surface area contributed by atoms with Crippen molar-refractivity contribution >= 4 is 101 Å². The lowest BCUT2D eigenvalue weighted by molar-refractivity contribution is 0.569. The molecule has 0 fully saturated rings. The molecule has 0 saturated heterocycles. The Morgan fingerprint density at radius 3 is 1.19 bits per heavy atom. The van der Waals surface area contributed by atoms with Gasteiger partial charge in [-0.15, -0.1) is 0 Å². The van der Waals surface area contributed by atoms with E-state index in [0.29, 0.717) is 0 Å². The van der Waals surface area contributed by atoms with E-state index in [9.17, 15) is 0 Å². The first-order valence-corrected chi connectivity index (χ1v) is 31.8. The van der Waals surface area contributed by atoms with Crippen LogP contribution in [0.25, 0.3) is 111 Å². The third-order valence-corrected chi connectivity index (χ3v) is 19.2. The lowest BCUT2D eigenvalue weighted by Gasteiger charge is -2.45. The molecule has 0 N–H and O–H groups in total. The minimum Gasteiger partial charge on any atom is -0.456 e. The summed E-state index contributed by atoms with van der Waals surface area (Å²) in [6, 6.07) is 106. The zero-order valence-electron chi connectivity index (χ0n) is 51.9. The summed E-state index contributed by atoms with van der Waals surface area (Å²) in [6.07, 6.45) is 0. The number of benzene rings is 13. The molecule has 2 aliphatic heterocycles. The molecule has 5 heteroatoms. The van der Waals surface area contributed by atoms with Crippen molar-refractivity contribution in [3.05, 3.63) is 296 Å². The van der Waals surface area contributed by atoms with Crippen molar-refractivity contribution in [3.63, 3.8) is 0 Å². The van der Waals surface area contributed by atoms with Crippen molar-refractivity contribution in [2.24, 2.45) is 0 Å². The lowest BCUT2D eigenvalue weighted by Crippen LogP contribution is -2.61. The number of nitrogens with zero attached hydrogens (tertiary/aromatic N) is 2. The second-order valence-electron chi connectivity index (χ2n) is 26.7. The van der Waals surface area contributed by atoms with Crippen molar-refractivity contribution in [1.82, 2.24) is 0 Å². The Balaban J connectivity index is 1.05. The van der Waals surface area contributed by atoms with Crippen LogP contribution < -0.4 is 26.2 Å². The highest BCUT2D eigenvalue weighted by Crippen LogP contribution is 2.53. The van der Waals surface area contributed by atoms with E-state index in [4.69, 9.17) is 8.83 Å². The number of hydrogen-bond acceptors (Lipinski definition) is 4. The van der Waals surface area contributed by atoms with E-state index in [-0.39, 0.29) is 17.5 Å². The minimum absolute atomic E-state index is 0.122. The summed E-state index contributed by atoms with van der Waals surface area (Å²) in [7, 11) is 0. The summed E-state index contributed by atoms with van der Waals surface area (Å²) < 4.78 is 13.3. The molecule has 0 atom stereocenters. The highest BCUT2D eigenvalue weighted by molar-refractivity contribution is 7.00. The molecular weight excluding hydrogens is 1100 g/mol. The Morgan fingerprint density at radius 2 is 0.670 bits per heavy atom. The molecule has 0 aliphatic carbocycles. The maximum atomic E-state index is 6.65. The van der Waals surface area contributed by atoms with Crippen LogP contribution in [0.2, 0.25) is 0 Å². The summed E-state index contributed by atoms with van der Waals surface area (Å²) in [4.78, 5) is 5.27. The third-order valence-electron chi connectivity index (χ3n) is 19.2. The molecule has 0 saturated carbocycles. The summed E-state index contributed by atoms with van der Waals surface area (Å²) >= 11 is 0. The molecule has 13 aromatic carbocycles. The van der Waals surface area contributed by atoms with Crippen LogP contribution in [0.15, 0.2) is 294 Å². The third kappa shape index (κ3) is 8.89. The number of para-hydroxylation sites is 4. The van der Waals surface area contributed by atoms with Crippen LogP contribution in [0.4, 0.5) is 34.1 Å². The van der Waals surface area contributed by atoms with Crippen LogP contribution in [0.3, 0.4) is 0 Å². The van der Waals surface area contributed by atoms with Crippen molar-refractivity contribution < 1.29 is 8.83 Å². The molecular formula is C86H65BN2O2. The van der Waals surface area contributed by atoms with Crippen molar-refractivity contribution in [2.45, 2.75) is 52.4 Å².